The zero-order valence-electron chi connectivity index (χ0n) is 19.5. The van der Waals surface area contributed by atoms with Gasteiger partial charge in [-0.15, -0.1) is 0 Å². The van der Waals surface area contributed by atoms with Crippen molar-refractivity contribution in [3.63, 3.8) is 0 Å². The molecule has 1 aliphatic carbocycles. The van der Waals surface area contributed by atoms with E-state index in [1.54, 1.807) is 10.7 Å². The summed E-state index contributed by atoms with van der Waals surface area (Å²) in [7, 11) is 0. The fraction of sp³-hybridized carbons (Fsp3) is 0.370. The van der Waals surface area contributed by atoms with Gasteiger partial charge in [-0.3, -0.25) is 4.68 Å². The van der Waals surface area contributed by atoms with Gasteiger partial charge in [-0.2, -0.15) is 18.3 Å². The van der Waals surface area contributed by atoms with Crippen LogP contribution in [0.1, 0.15) is 60.3 Å². The molecule has 1 saturated carbocycles. The van der Waals surface area contributed by atoms with Crippen LogP contribution in [0.15, 0.2) is 54.6 Å². The van der Waals surface area contributed by atoms with Crippen molar-refractivity contribution in [2.24, 2.45) is 0 Å². The highest BCUT2D eigenvalue weighted by molar-refractivity contribution is 5.75. The highest BCUT2D eigenvalue weighted by Gasteiger charge is 2.48. The van der Waals surface area contributed by atoms with Crippen molar-refractivity contribution in [3.8, 4) is 0 Å². The molecule has 2 aromatic carbocycles. The van der Waals surface area contributed by atoms with Crippen LogP contribution in [-0.4, -0.2) is 27.7 Å². The summed E-state index contributed by atoms with van der Waals surface area (Å²) in [6.07, 6.45) is -1.16. The summed E-state index contributed by atoms with van der Waals surface area (Å²) in [4.78, 5) is 0. The van der Waals surface area contributed by atoms with Crippen molar-refractivity contribution in [1.29, 1.82) is 0 Å². The van der Waals surface area contributed by atoms with Crippen molar-refractivity contribution < 1.29 is 22.7 Å². The van der Waals surface area contributed by atoms with E-state index in [2.05, 4.69) is 11.2 Å². The zero-order chi connectivity index (χ0) is 24.7. The van der Waals surface area contributed by atoms with E-state index in [1.165, 1.54) is 30.3 Å². The summed E-state index contributed by atoms with van der Waals surface area (Å²) < 4.78 is 56.4. The first-order valence-electron chi connectivity index (χ1n) is 11.2. The molecule has 7 heteroatoms. The minimum Gasteiger partial charge on any atom is -0.395 e. The molecular weight excluding hydrogens is 444 g/mol. The Morgan fingerprint density at radius 1 is 1.09 bits per heavy atom. The van der Waals surface area contributed by atoms with E-state index in [9.17, 15) is 22.7 Å². The van der Waals surface area contributed by atoms with Gasteiger partial charge in [0, 0.05) is 11.1 Å². The average molecular weight is 473 g/mol. The quantitative estimate of drug-likeness (QED) is 0.395. The van der Waals surface area contributed by atoms with Gasteiger partial charge in [0.05, 0.1) is 18.6 Å². The maximum atomic E-state index is 14.9. The topological polar surface area (TPSA) is 38.0 Å². The van der Waals surface area contributed by atoms with E-state index in [-0.39, 0.29) is 23.3 Å². The molecule has 1 N–H and O–H groups in total. The second-order valence-electron chi connectivity index (χ2n) is 9.70. The Morgan fingerprint density at radius 3 is 2.35 bits per heavy atom. The lowest BCUT2D eigenvalue weighted by atomic mass is 9.83. The number of rotatable bonds is 7. The minimum absolute atomic E-state index is 0.120. The number of benzene rings is 2. The van der Waals surface area contributed by atoms with Crippen LogP contribution in [0.2, 0.25) is 0 Å². The molecule has 1 aromatic heterocycles. The first kappa shape index (κ1) is 24.2. The summed E-state index contributed by atoms with van der Waals surface area (Å²) >= 11 is 0. The summed E-state index contributed by atoms with van der Waals surface area (Å²) in [5, 5.41) is 14.1. The predicted octanol–water partition coefficient (Wildman–Crippen LogP) is 6.57. The van der Waals surface area contributed by atoms with Crippen LogP contribution in [0.3, 0.4) is 0 Å². The standard InChI is InChI=1S/C27H28F4N2O/c1-18-13-24(23(28)15-19-7-9-21(10-8-19)25(2,3)27(29,30)31)32-33(18)16-20-5-4-6-22(14-20)26(17-34)11-12-26/h4-10,13-15,34H,11-12,16-17H2,1-3H3/b23-15-. The van der Waals surface area contributed by atoms with Crippen molar-refractivity contribution in [2.45, 2.75) is 57.2 Å². The van der Waals surface area contributed by atoms with Crippen LogP contribution in [0.25, 0.3) is 11.9 Å². The van der Waals surface area contributed by atoms with Crippen molar-refractivity contribution >= 4 is 11.9 Å². The summed E-state index contributed by atoms with van der Waals surface area (Å²) in [6, 6.07) is 15.4. The molecule has 0 amide bonds. The number of hydrogen-bond donors (Lipinski definition) is 1. The molecule has 0 radical (unpaired) electrons. The van der Waals surface area contributed by atoms with Gasteiger partial charge in [0.25, 0.3) is 0 Å². The predicted molar refractivity (Wildman–Crippen MR) is 125 cm³/mol. The van der Waals surface area contributed by atoms with Crippen molar-refractivity contribution in [3.05, 3.63) is 88.2 Å². The van der Waals surface area contributed by atoms with Gasteiger partial charge in [-0.05, 0) is 68.0 Å². The van der Waals surface area contributed by atoms with Crippen LogP contribution >= 0.6 is 0 Å². The molecule has 0 unspecified atom stereocenters. The Bertz CT molecular complexity index is 1200. The third-order valence-corrected chi connectivity index (χ3v) is 6.89. The van der Waals surface area contributed by atoms with E-state index >= 15 is 0 Å². The Balaban J connectivity index is 1.51. The van der Waals surface area contributed by atoms with Crippen LogP contribution in [0.4, 0.5) is 17.6 Å². The second-order valence-corrected chi connectivity index (χ2v) is 9.70. The van der Waals surface area contributed by atoms with Crippen molar-refractivity contribution in [1.82, 2.24) is 9.78 Å². The summed E-state index contributed by atoms with van der Waals surface area (Å²) in [5.74, 6) is -0.560. The Hall–Kier alpha value is -2.93. The SMILES string of the molecule is Cc1cc(/C(F)=C/c2ccc(C(C)(C)C(F)(F)F)cc2)nn1Cc1cccc(C2(CO)CC2)c1. The van der Waals surface area contributed by atoms with Crippen LogP contribution in [0.5, 0.6) is 0 Å². The Kier molecular flexibility index (Phi) is 6.19. The third kappa shape index (κ3) is 4.67. The Labute approximate surface area is 196 Å². The van der Waals surface area contributed by atoms with Crippen LogP contribution < -0.4 is 0 Å². The van der Waals surface area contributed by atoms with Gasteiger partial charge in [0.15, 0.2) is 5.83 Å². The zero-order valence-corrected chi connectivity index (χ0v) is 19.5. The highest BCUT2D eigenvalue weighted by atomic mass is 19.4. The van der Waals surface area contributed by atoms with Crippen molar-refractivity contribution in [2.75, 3.05) is 6.61 Å². The monoisotopic (exact) mass is 472 g/mol. The number of aliphatic hydroxyl groups excluding tert-OH is 1. The van der Waals surface area contributed by atoms with E-state index in [0.717, 1.165) is 43.5 Å². The maximum Gasteiger partial charge on any atom is 0.397 e. The molecular formula is C27H28F4N2O. The molecule has 3 aromatic rings. The normalized spacial score (nSPS) is 16.1. The molecule has 0 bridgehead atoms. The van der Waals surface area contributed by atoms with Gasteiger partial charge < -0.3 is 5.11 Å². The lowest BCUT2D eigenvalue weighted by molar-refractivity contribution is -0.180. The molecule has 0 spiro atoms. The number of nitrogens with zero attached hydrogens (tertiary/aromatic N) is 2. The van der Waals surface area contributed by atoms with E-state index < -0.39 is 17.4 Å². The first-order valence-corrected chi connectivity index (χ1v) is 11.2. The third-order valence-electron chi connectivity index (χ3n) is 6.89. The molecule has 0 aliphatic heterocycles. The molecule has 34 heavy (non-hydrogen) atoms. The van der Waals surface area contributed by atoms with E-state index in [4.69, 9.17) is 0 Å². The first-order chi connectivity index (χ1) is 15.9. The van der Waals surface area contributed by atoms with Gasteiger partial charge in [0.2, 0.25) is 0 Å². The lowest BCUT2D eigenvalue weighted by Crippen LogP contribution is -2.36. The van der Waals surface area contributed by atoms with E-state index in [1.807, 2.05) is 25.1 Å². The fourth-order valence-corrected chi connectivity index (χ4v) is 4.03. The number of alkyl halides is 3. The molecule has 1 heterocycles. The molecule has 0 atom stereocenters. The number of aryl methyl sites for hydroxylation is 1. The Morgan fingerprint density at radius 2 is 1.76 bits per heavy atom. The molecule has 0 saturated heterocycles. The average Bonchev–Trinajstić information content (AvgIpc) is 3.51. The van der Waals surface area contributed by atoms with Gasteiger partial charge in [0.1, 0.15) is 5.69 Å². The fourth-order valence-electron chi connectivity index (χ4n) is 4.03. The maximum absolute atomic E-state index is 14.9. The molecule has 1 fully saturated rings. The summed E-state index contributed by atoms with van der Waals surface area (Å²) in [5.41, 5.74) is 1.55. The molecule has 180 valence electrons. The van der Waals surface area contributed by atoms with Crippen LogP contribution in [0, 0.1) is 6.92 Å². The largest absolute Gasteiger partial charge is 0.397 e. The number of aliphatic hydroxyl groups is 1. The number of halogens is 4. The summed E-state index contributed by atoms with van der Waals surface area (Å²) in [6.45, 7) is 4.69. The minimum atomic E-state index is -4.38. The van der Waals surface area contributed by atoms with Crippen LogP contribution in [-0.2, 0) is 17.4 Å². The molecule has 1 aliphatic rings. The molecule has 4 rings (SSSR count). The van der Waals surface area contributed by atoms with Gasteiger partial charge in [-0.1, -0.05) is 48.5 Å². The molecule has 3 nitrogen and oxygen atoms in total. The van der Waals surface area contributed by atoms with E-state index in [0.29, 0.717) is 12.1 Å². The van der Waals surface area contributed by atoms with Gasteiger partial charge >= 0.3 is 6.18 Å². The second kappa shape index (κ2) is 8.69. The number of hydrogen-bond acceptors (Lipinski definition) is 2. The lowest BCUT2D eigenvalue weighted by Gasteiger charge is -2.28. The van der Waals surface area contributed by atoms with Gasteiger partial charge in [-0.25, -0.2) is 4.39 Å². The highest BCUT2D eigenvalue weighted by Crippen LogP contribution is 2.47. The number of aromatic nitrogens is 2. The smallest absolute Gasteiger partial charge is 0.395 e.